The summed E-state index contributed by atoms with van der Waals surface area (Å²) in [5.74, 6) is -0.267. The lowest BCUT2D eigenvalue weighted by Crippen LogP contribution is -2.42. The molecule has 1 rings (SSSR count). The van der Waals surface area contributed by atoms with Crippen molar-refractivity contribution in [2.45, 2.75) is 24.5 Å². The molecule has 0 saturated heterocycles. The van der Waals surface area contributed by atoms with Gasteiger partial charge < -0.3 is 5.32 Å². The second-order valence-corrected chi connectivity index (χ2v) is 7.90. The van der Waals surface area contributed by atoms with E-state index < -0.39 is 14.6 Å². The molecule has 0 saturated carbocycles. The van der Waals surface area contributed by atoms with E-state index in [1.165, 1.54) is 6.26 Å². The minimum atomic E-state index is -3.12. The molecule has 0 radical (unpaired) electrons. The van der Waals surface area contributed by atoms with Gasteiger partial charge in [-0.2, -0.15) is 5.26 Å². The molecule has 1 atom stereocenters. The lowest BCUT2D eigenvalue weighted by molar-refractivity contribution is 0.517. The summed E-state index contributed by atoms with van der Waals surface area (Å²) in [6.07, 6.45) is 1.23. The van der Waals surface area contributed by atoms with Gasteiger partial charge in [0.25, 0.3) is 0 Å². The summed E-state index contributed by atoms with van der Waals surface area (Å²) in [6, 6.07) is 11.7. The molecule has 0 spiro atoms. The Balaban J connectivity index is 2.60. The number of benzene rings is 1. The van der Waals surface area contributed by atoms with E-state index in [0.29, 0.717) is 13.1 Å². The number of hydrogen-bond donors (Lipinski definition) is 1. The first-order valence-electron chi connectivity index (χ1n) is 6.13. The number of sulfone groups is 1. The Bertz CT molecular complexity index is 545. The Labute approximate surface area is 115 Å². The van der Waals surface area contributed by atoms with Gasteiger partial charge in [-0.15, -0.1) is 0 Å². The molecule has 0 aliphatic heterocycles. The van der Waals surface area contributed by atoms with E-state index in [1.54, 1.807) is 13.8 Å². The number of hydrogen-bond acceptors (Lipinski definition) is 4. The van der Waals surface area contributed by atoms with Crippen molar-refractivity contribution in [2.75, 3.05) is 19.3 Å². The third-order valence-corrected chi connectivity index (χ3v) is 5.41. The van der Waals surface area contributed by atoms with Crippen LogP contribution in [0.5, 0.6) is 0 Å². The largest absolute Gasteiger partial charge is 0.314 e. The van der Waals surface area contributed by atoms with Gasteiger partial charge in [0.05, 0.1) is 16.7 Å². The Morgan fingerprint density at radius 1 is 1.32 bits per heavy atom. The third-order valence-electron chi connectivity index (χ3n) is 3.26. The average Bonchev–Trinajstić information content (AvgIpc) is 2.34. The fourth-order valence-electron chi connectivity index (χ4n) is 1.57. The first kappa shape index (κ1) is 15.7. The van der Waals surface area contributed by atoms with Crippen LogP contribution in [0.15, 0.2) is 30.3 Å². The van der Waals surface area contributed by atoms with Crippen LogP contribution in [0.2, 0.25) is 0 Å². The summed E-state index contributed by atoms with van der Waals surface area (Å²) >= 11 is 0. The molecule has 0 heterocycles. The quantitative estimate of drug-likeness (QED) is 0.861. The smallest absolute Gasteiger partial charge is 0.153 e. The zero-order valence-electron chi connectivity index (χ0n) is 11.6. The van der Waals surface area contributed by atoms with Crippen LogP contribution in [-0.4, -0.2) is 32.5 Å². The molecule has 0 fully saturated rings. The van der Waals surface area contributed by atoms with Crippen molar-refractivity contribution >= 4 is 9.84 Å². The van der Waals surface area contributed by atoms with Gasteiger partial charge in [0.2, 0.25) is 0 Å². The molecular weight excluding hydrogens is 260 g/mol. The first-order chi connectivity index (χ1) is 8.78. The summed E-state index contributed by atoms with van der Waals surface area (Å²) < 4.78 is 22.3. The van der Waals surface area contributed by atoms with Gasteiger partial charge in [-0.05, 0) is 19.4 Å². The predicted molar refractivity (Wildman–Crippen MR) is 76.6 cm³/mol. The van der Waals surface area contributed by atoms with Crippen LogP contribution < -0.4 is 5.32 Å². The molecule has 4 nitrogen and oxygen atoms in total. The monoisotopic (exact) mass is 280 g/mol. The molecule has 0 bridgehead atoms. The summed E-state index contributed by atoms with van der Waals surface area (Å²) in [7, 11) is -3.12. The van der Waals surface area contributed by atoms with Crippen LogP contribution >= 0.6 is 0 Å². The molecule has 5 heteroatoms. The Morgan fingerprint density at radius 3 is 2.37 bits per heavy atom. The minimum Gasteiger partial charge on any atom is -0.314 e. The van der Waals surface area contributed by atoms with E-state index in [0.717, 1.165) is 5.56 Å². The lowest BCUT2D eigenvalue weighted by atomic mass is 10.0. The molecule has 1 aromatic rings. The number of nitriles is 1. The zero-order valence-corrected chi connectivity index (χ0v) is 12.4. The van der Waals surface area contributed by atoms with Crippen molar-refractivity contribution in [3.63, 3.8) is 0 Å². The summed E-state index contributed by atoms with van der Waals surface area (Å²) in [6.45, 7) is 4.13. The van der Waals surface area contributed by atoms with Crippen molar-refractivity contribution in [1.29, 1.82) is 5.26 Å². The van der Waals surface area contributed by atoms with Crippen LogP contribution in [0.25, 0.3) is 0 Å². The van der Waals surface area contributed by atoms with Crippen molar-refractivity contribution < 1.29 is 8.42 Å². The van der Waals surface area contributed by atoms with Gasteiger partial charge in [0, 0.05) is 19.3 Å². The Kier molecular flexibility index (Phi) is 5.10. The van der Waals surface area contributed by atoms with E-state index in [9.17, 15) is 8.42 Å². The van der Waals surface area contributed by atoms with Gasteiger partial charge in [-0.1, -0.05) is 30.3 Å². The number of rotatable bonds is 6. The molecule has 0 aromatic heterocycles. The normalized spacial score (nSPS) is 13.8. The molecule has 19 heavy (non-hydrogen) atoms. The van der Waals surface area contributed by atoms with Gasteiger partial charge in [-0.3, -0.25) is 0 Å². The fourth-order valence-corrected chi connectivity index (χ4v) is 1.94. The second kappa shape index (κ2) is 6.18. The van der Waals surface area contributed by atoms with Crippen molar-refractivity contribution in [3.05, 3.63) is 35.9 Å². The van der Waals surface area contributed by atoms with Gasteiger partial charge in [0.15, 0.2) is 9.84 Å². The summed E-state index contributed by atoms with van der Waals surface area (Å²) in [4.78, 5) is 0. The highest BCUT2D eigenvalue weighted by molar-refractivity contribution is 7.92. The van der Waals surface area contributed by atoms with Crippen LogP contribution in [0.4, 0.5) is 0 Å². The topological polar surface area (TPSA) is 70.0 Å². The molecule has 1 N–H and O–H groups in total. The fraction of sp³-hybridized carbons (Fsp3) is 0.500. The predicted octanol–water partition coefficient (Wildman–Crippen LogP) is 1.71. The second-order valence-electron chi connectivity index (χ2n) is 5.26. The third kappa shape index (κ3) is 4.34. The van der Waals surface area contributed by atoms with E-state index in [2.05, 4.69) is 11.4 Å². The van der Waals surface area contributed by atoms with Crippen molar-refractivity contribution in [1.82, 2.24) is 5.32 Å². The molecule has 0 amide bonds. The van der Waals surface area contributed by atoms with Crippen LogP contribution in [0.3, 0.4) is 0 Å². The maximum atomic E-state index is 11.6. The molecule has 0 aliphatic carbocycles. The molecule has 0 aliphatic rings. The van der Waals surface area contributed by atoms with Crippen LogP contribution in [0.1, 0.15) is 25.3 Å². The maximum absolute atomic E-state index is 11.6. The standard InChI is InChI=1S/C14H20N2O2S/c1-14(2,19(3,17)18)11-16-10-13(9-15)12-7-5-4-6-8-12/h4-8,13,16H,10-11H2,1-3H3. The van der Waals surface area contributed by atoms with Crippen LogP contribution in [0, 0.1) is 11.3 Å². The van der Waals surface area contributed by atoms with Gasteiger partial charge in [-0.25, -0.2) is 8.42 Å². The minimum absolute atomic E-state index is 0.267. The highest BCUT2D eigenvalue weighted by atomic mass is 32.2. The van der Waals surface area contributed by atoms with Crippen molar-refractivity contribution in [2.24, 2.45) is 0 Å². The van der Waals surface area contributed by atoms with Crippen molar-refractivity contribution in [3.8, 4) is 6.07 Å². The number of nitrogens with zero attached hydrogens (tertiary/aromatic N) is 1. The lowest BCUT2D eigenvalue weighted by Gasteiger charge is -2.23. The zero-order chi connectivity index (χ0) is 14.5. The maximum Gasteiger partial charge on any atom is 0.153 e. The Morgan fingerprint density at radius 2 is 1.89 bits per heavy atom. The average molecular weight is 280 g/mol. The highest BCUT2D eigenvalue weighted by Crippen LogP contribution is 2.16. The van der Waals surface area contributed by atoms with E-state index in [1.807, 2.05) is 30.3 Å². The SMILES string of the molecule is CC(C)(CNCC(C#N)c1ccccc1)S(C)(=O)=O. The molecule has 1 aromatic carbocycles. The summed E-state index contributed by atoms with van der Waals surface area (Å²) in [5, 5.41) is 12.2. The molecule has 104 valence electrons. The Hall–Kier alpha value is -1.38. The van der Waals surface area contributed by atoms with E-state index in [4.69, 9.17) is 5.26 Å². The van der Waals surface area contributed by atoms with Gasteiger partial charge in [0.1, 0.15) is 0 Å². The first-order valence-corrected chi connectivity index (χ1v) is 8.02. The van der Waals surface area contributed by atoms with E-state index in [-0.39, 0.29) is 5.92 Å². The van der Waals surface area contributed by atoms with Gasteiger partial charge >= 0.3 is 0 Å². The highest BCUT2D eigenvalue weighted by Gasteiger charge is 2.29. The molecule has 1 unspecified atom stereocenters. The summed E-state index contributed by atoms with van der Waals surface area (Å²) in [5.41, 5.74) is 0.940. The molecular formula is C14H20N2O2S. The number of nitrogens with one attached hydrogen (secondary N) is 1. The van der Waals surface area contributed by atoms with E-state index >= 15 is 0 Å². The van der Waals surface area contributed by atoms with Crippen LogP contribution in [-0.2, 0) is 9.84 Å².